The van der Waals surface area contributed by atoms with Crippen molar-refractivity contribution in [2.45, 2.75) is 38.5 Å². The Labute approximate surface area is 246 Å². The molecule has 3 aromatic carbocycles. The lowest BCUT2D eigenvalue weighted by Gasteiger charge is -2.35. The number of carbonyl (C=O) groups is 1. The summed E-state index contributed by atoms with van der Waals surface area (Å²) < 4.78 is 17.1. The molecular weight excluding hydrogens is 540 g/mol. The second-order valence-corrected chi connectivity index (χ2v) is 9.92. The van der Waals surface area contributed by atoms with Gasteiger partial charge in [0.05, 0.1) is 13.7 Å². The molecule has 5 rings (SSSR count). The van der Waals surface area contributed by atoms with Crippen LogP contribution in [-0.4, -0.2) is 48.8 Å². The average molecular weight is 578 g/mol. The topological polar surface area (TPSA) is 90.9 Å². The molecule has 1 aromatic heterocycles. The minimum atomic E-state index is -0.598. The summed E-state index contributed by atoms with van der Waals surface area (Å²) in [6.07, 6.45) is 3.20. The monoisotopic (exact) mass is 577 g/mol. The first-order chi connectivity index (χ1) is 20.1. The molecule has 1 saturated heterocycles. The molecule has 1 aliphatic rings. The number of likely N-dealkylation sites (tertiary alicyclic amines) is 1. The first kappa shape index (κ1) is 30.1. The minimum Gasteiger partial charge on any atom is -0.497 e. The van der Waals surface area contributed by atoms with E-state index in [1.807, 2.05) is 84.9 Å². The van der Waals surface area contributed by atoms with Gasteiger partial charge in [-0.05, 0) is 42.3 Å². The van der Waals surface area contributed by atoms with E-state index in [-0.39, 0.29) is 12.1 Å². The molecule has 0 amide bonds. The summed E-state index contributed by atoms with van der Waals surface area (Å²) in [5.74, 6) is 1.88. The maximum atomic E-state index is 13.6. The van der Waals surface area contributed by atoms with Crippen molar-refractivity contribution in [2.75, 3.05) is 31.9 Å². The number of carbonyl (C=O) groups excluding carboxylic acids is 1. The number of esters is 1. The standard InChI is InChI=1S/C31H34N4O4.CH3Cl/c1-3-22-17-18-35(21-28-33-30(39-34-28)24-13-10-16-26(19-24)37-2)20-27(22)38-31(36)29(23-11-6-4-7-12-23)32-25-14-8-5-9-15-25;1-2/h4-16,19,22,27,29,32H,3,17-18,20-21H2,1-2H3;1H3/p+1/t22?,27-,29+;/m0./s1. The third kappa shape index (κ3) is 8.08. The number of anilines is 1. The van der Waals surface area contributed by atoms with Crippen LogP contribution < -0.4 is 15.0 Å². The minimum absolute atomic E-state index is 0.195. The van der Waals surface area contributed by atoms with E-state index < -0.39 is 6.04 Å². The molecule has 0 aliphatic carbocycles. The van der Waals surface area contributed by atoms with Gasteiger partial charge in [-0.2, -0.15) is 4.98 Å². The summed E-state index contributed by atoms with van der Waals surface area (Å²) in [7, 11) is 1.63. The van der Waals surface area contributed by atoms with Crippen LogP contribution in [0.15, 0.2) is 89.5 Å². The van der Waals surface area contributed by atoms with Crippen molar-refractivity contribution in [2.24, 2.45) is 5.92 Å². The largest absolute Gasteiger partial charge is 0.497 e. The van der Waals surface area contributed by atoms with E-state index in [0.717, 1.165) is 42.0 Å². The van der Waals surface area contributed by atoms with E-state index in [0.29, 0.717) is 30.7 Å². The zero-order chi connectivity index (χ0) is 29.0. The second kappa shape index (κ2) is 15.2. The maximum Gasteiger partial charge on any atom is 0.333 e. The van der Waals surface area contributed by atoms with Gasteiger partial charge in [0.25, 0.3) is 5.89 Å². The third-order valence-corrected chi connectivity index (χ3v) is 7.32. The number of alkyl halides is 1. The molecule has 41 heavy (non-hydrogen) atoms. The van der Waals surface area contributed by atoms with Gasteiger partial charge in [0, 0.05) is 30.0 Å². The molecule has 4 atom stereocenters. The summed E-state index contributed by atoms with van der Waals surface area (Å²) in [5.41, 5.74) is 2.56. The number of ether oxygens (including phenoxy) is 2. The van der Waals surface area contributed by atoms with E-state index >= 15 is 0 Å². The Balaban J connectivity index is 0.00000189. The molecule has 0 saturated carbocycles. The number of methoxy groups -OCH3 is 1. The number of quaternary nitrogens is 1. The molecule has 0 radical (unpaired) electrons. The Morgan fingerprint density at radius 2 is 1.80 bits per heavy atom. The molecular formula is C32H38ClN4O4+. The number of rotatable bonds is 10. The van der Waals surface area contributed by atoms with E-state index in [2.05, 4.69) is 34.0 Å². The molecule has 0 spiro atoms. The van der Waals surface area contributed by atoms with Gasteiger partial charge < -0.3 is 24.2 Å². The summed E-state index contributed by atoms with van der Waals surface area (Å²) in [6, 6.07) is 26.5. The summed E-state index contributed by atoms with van der Waals surface area (Å²) in [6.45, 7) is 4.41. The number of nitrogens with one attached hydrogen (secondary N) is 2. The van der Waals surface area contributed by atoms with E-state index in [4.69, 9.17) is 14.0 Å². The SMILES string of the molecule is CCC1CC[NH+](Cc2noc(-c3cccc(OC)c3)n2)C[C@@H]1OC(=O)[C@H](Nc1ccccc1)c1ccccc1.CCl. The highest BCUT2D eigenvalue weighted by Gasteiger charge is 2.36. The zero-order valence-corrected chi connectivity index (χ0v) is 24.5. The lowest BCUT2D eigenvalue weighted by Crippen LogP contribution is -3.13. The van der Waals surface area contributed by atoms with Crippen LogP contribution in [0.1, 0.15) is 37.2 Å². The van der Waals surface area contributed by atoms with E-state index in [1.54, 1.807) is 7.11 Å². The van der Waals surface area contributed by atoms with Gasteiger partial charge in [0.1, 0.15) is 18.8 Å². The van der Waals surface area contributed by atoms with Crippen LogP contribution in [0, 0.1) is 5.92 Å². The molecule has 9 heteroatoms. The number of piperidine rings is 1. The maximum absolute atomic E-state index is 13.6. The highest BCUT2D eigenvalue weighted by atomic mass is 35.5. The predicted octanol–water partition coefficient (Wildman–Crippen LogP) is 5.18. The molecule has 4 aromatic rings. The van der Waals surface area contributed by atoms with Gasteiger partial charge in [0.2, 0.25) is 5.82 Å². The average Bonchev–Trinajstić information content (AvgIpc) is 3.50. The fourth-order valence-corrected chi connectivity index (χ4v) is 5.16. The normalized spacial score (nSPS) is 18.9. The summed E-state index contributed by atoms with van der Waals surface area (Å²) in [5, 5.41) is 7.59. The Morgan fingerprint density at radius 1 is 1.07 bits per heavy atom. The first-order valence-electron chi connectivity index (χ1n) is 13.9. The summed E-state index contributed by atoms with van der Waals surface area (Å²) in [4.78, 5) is 19.5. The van der Waals surface area contributed by atoms with Crippen LogP contribution in [0.5, 0.6) is 5.75 Å². The number of benzene rings is 3. The highest BCUT2D eigenvalue weighted by Crippen LogP contribution is 2.25. The molecule has 216 valence electrons. The van der Waals surface area contributed by atoms with Crippen LogP contribution in [0.3, 0.4) is 0 Å². The van der Waals surface area contributed by atoms with Crippen molar-refractivity contribution < 1.29 is 23.7 Å². The smallest absolute Gasteiger partial charge is 0.333 e. The molecule has 2 heterocycles. The van der Waals surface area contributed by atoms with Crippen molar-refractivity contribution in [3.8, 4) is 17.2 Å². The number of aromatic nitrogens is 2. The number of para-hydroxylation sites is 1. The number of halogens is 1. The quantitative estimate of drug-likeness (QED) is 0.198. The Hall–Kier alpha value is -3.88. The lowest BCUT2D eigenvalue weighted by molar-refractivity contribution is -0.923. The van der Waals surface area contributed by atoms with Crippen LogP contribution in [0.25, 0.3) is 11.5 Å². The molecule has 8 nitrogen and oxygen atoms in total. The summed E-state index contributed by atoms with van der Waals surface area (Å²) >= 11 is 4.64. The Morgan fingerprint density at radius 3 is 2.51 bits per heavy atom. The van der Waals surface area contributed by atoms with Crippen molar-refractivity contribution in [3.63, 3.8) is 0 Å². The van der Waals surface area contributed by atoms with Crippen molar-refractivity contribution in [1.82, 2.24) is 10.1 Å². The Kier molecular flexibility index (Phi) is 11.2. The highest BCUT2D eigenvalue weighted by molar-refractivity contribution is 6.15. The van der Waals surface area contributed by atoms with Gasteiger partial charge in [-0.15, -0.1) is 11.6 Å². The molecule has 2 N–H and O–H groups in total. The molecule has 0 bridgehead atoms. The van der Waals surface area contributed by atoms with E-state index in [9.17, 15) is 4.79 Å². The predicted molar refractivity (Wildman–Crippen MR) is 160 cm³/mol. The van der Waals surface area contributed by atoms with Crippen molar-refractivity contribution in [1.29, 1.82) is 0 Å². The van der Waals surface area contributed by atoms with Crippen molar-refractivity contribution in [3.05, 3.63) is 96.3 Å². The van der Waals surface area contributed by atoms with Gasteiger partial charge in [-0.1, -0.05) is 66.7 Å². The number of nitrogens with zero attached hydrogens (tertiary/aromatic N) is 2. The fraction of sp³-hybridized carbons (Fsp3) is 0.344. The fourth-order valence-electron chi connectivity index (χ4n) is 5.16. The van der Waals surface area contributed by atoms with Crippen LogP contribution in [0.2, 0.25) is 0 Å². The van der Waals surface area contributed by atoms with Gasteiger partial charge >= 0.3 is 5.97 Å². The molecule has 2 unspecified atom stereocenters. The lowest BCUT2D eigenvalue weighted by atomic mass is 9.91. The van der Waals surface area contributed by atoms with Crippen LogP contribution in [-0.2, 0) is 16.1 Å². The number of hydrogen-bond acceptors (Lipinski definition) is 7. The molecule has 1 fully saturated rings. The second-order valence-electron chi connectivity index (χ2n) is 9.92. The molecule has 1 aliphatic heterocycles. The van der Waals surface area contributed by atoms with Crippen LogP contribution >= 0.6 is 11.6 Å². The van der Waals surface area contributed by atoms with Crippen LogP contribution in [0.4, 0.5) is 5.69 Å². The third-order valence-electron chi connectivity index (χ3n) is 7.32. The van der Waals surface area contributed by atoms with Gasteiger partial charge in [-0.3, -0.25) is 0 Å². The number of hydrogen-bond donors (Lipinski definition) is 2. The van der Waals surface area contributed by atoms with Crippen molar-refractivity contribution >= 4 is 23.3 Å². The Bertz CT molecular complexity index is 1350. The van der Waals surface area contributed by atoms with E-state index in [1.165, 1.54) is 11.3 Å². The zero-order valence-electron chi connectivity index (χ0n) is 23.8. The van der Waals surface area contributed by atoms with Gasteiger partial charge in [0.15, 0.2) is 12.1 Å². The first-order valence-corrected chi connectivity index (χ1v) is 14.6. The van der Waals surface area contributed by atoms with Gasteiger partial charge in [-0.25, -0.2) is 4.79 Å².